The third-order valence-electron chi connectivity index (χ3n) is 1.08. The van der Waals surface area contributed by atoms with E-state index >= 15 is 0 Å². The van der Waals surface area contributed by atoms with Crippen LogP contribution >= 0.6 is 0 Å². The van der Waals surface area contributed by atoms with E-state index in [0.717, 1.165) is 12.8 Å². The second-order valence-corrected chi connectivity index (χ2v) is 2.00. The molecular formula is C9H14. The highest BCUT2D eigenvalue weighted by molar-refractivity contribution is 4.90. The monoisotopic (exact) mass is 122 g/mol. The first kappa shape index (κ1) is 8.30. The molecule has 0 aromatic rings. The summed E-state index contributed by atoms with van der Waals surface area (Å²) in [5, 5.41) is 0. The van der Waals surface area contributed by atoms with Gasteiger partial charge < -0.3 is 0 Å². The van der Waals surface area contributed by atoms with Crippen LogP contribution in [0.2, 0.25) is 0 Å². The van der Waals surface area contributed by atoms with Gasteiger partial charge in [0.25, 0.3) is 0 Å². The molecule has 9 heavy (non-hydrogen) atoms. The lowest BCUT2D eigenvalue weighted by Gasteiger charge is -1.83. The summed E-state index contributed by atoms with van der Waals surface area (Å²) in [5.74, 6) is 2.59. The van der Waals surface area contributed by atoms with Crippen LogP contribution in [0.1, 0.15) is 32.6 Å². The maximum atomic E-state index is 5.06. The van der Waals surface area contributed by atoms with Gasteiger partial charge in [-0.15, -0.1) is 12.3 Å². The molecule has 0 bridgehead atoms. The molecule has 0 aliphatic rings. The maximum absolute atomic E-state index is 5.06. The van der Waals surface area contributed by atoms with Gasteiger partial charge >= 0.3 is 0 Å². The Bertz CT molecular complexity index is 104. The number of unbranched alkanes of at least 4 members (excludes halogenated alkanes) is 2. The number of rotatable bonds is 4. The quantitative estimate of drug-likeness (QED) is 0.305. The zero-order valence-corrected chi connectivity index (χ0v) is 6.06. The van der Waals surface area contributed by atoms with Gasteiger partial charge in [0, 0.05) is 6.42 Å². The van der Waals surface area contributed by atoms with Crippen LogP contribution in [0, 0.1) is 12.3 Å². The summed E-state index contributed by atoms with van der Waals surface area (Å²) in [6, 6.07) is 0. The Morgan fingerprint density at radius 1 is 1.33 bits per heavy atom. The van der Waals surface area contributed by atoms with Crippen molar-refractivity contribution in [3.05, 3.63) is 12.2 Å². The molecule has 0 saturated heterocycles. The third-order valence-corrected chi connectivity index (χ3v) is 1.08. The number of hydrogen-bond donors (Lipinski definition) is 0. The van der Waals surface area contributed by atoms with Crippen molar-refractivity contribution in [2.45, 2.75) is 32.6 Å². The molecule has 0 heterocycles. The second kappa shape index (κ2) is 7.30. The van der Waals surface area contributed by atoms with Crippen molar-refractivity contribution in [3.8, 4) is 12.3 Å². The highest BCUT2D eigenvalue weighted by Gasteiger charge is 1.74. The minimum Gasteiger partial charge on any atom is -0.120 e. The van der Waals surface area contributed by atoms with E-state index in [9.17, 15) is 0 Å². The Hall–Kier alpha value is -0.700. The highest BCUT2D eigenvalue weighted by Crippen LogP contribution is 1.92. The minimum absolute atomic E-state index is 0.875. The lowest BCUT2D eigenvalue weighted by molar-refractivity contribution is 0.946. The number of terminal acetylenes is 1. The zero-order chi connectivity index (χ0) is 6.95. The van der Waals surface area contributed by atoms with Crippen LogP contribution in [0.5, 0.6) is 0 Å². The Labute approximate surface area is 58.0 Å². The molecule has 0 fully saturated rings. The van der Waals surface area contributed by atoms with Crippen LogP contribution in [0.4, 0.5) is 0 Å². The Kier molecular flexibility index (Phi) is 6.73. The summed E-state index contributed by atoms with van der Waals surface area (Å²) >= 11 is 0. The summed E-state index contributed by atoms with van der Waals surface area (Å²) in [6.07, 6.45) is 13.7. The van der Waals surface area contributed by atoms with Crippen LogP contribution in [0.15, 0.2) is 12.2 Å². The van der Waals surface area contributed by atoms with E-state index in [1.807, 2.05) is 0 Å². The molecule has 0 aromatic carbocycles. The first-order valence-electron chi connectivity index (χ1n) is 3.50. The van der Waals surface area contributed by atoms with Crippen LogP contribution in [0.3, 0.4) is 0 Å². The van der Waals surface area contributed by atoms with Crippen LogP contribution in [0.25, 0.3) is 0 Å². The molecule has 0 aromatic heterocycles. The third kappa shape index (κ3) is 7.30. The molecule has 0 rings (SSSR count). The normalized spacial score (nSPS) is 9.78. The molecule has 0 aliphatic heterocycles. The van der Waals surface area contributed by atoms with E-state index in [1.54, 1.807) is 0 Å². The van der Waals surface area contributed by atoms with Crippen molar-refractivity contribution in [3.63, 3.8) is 0 Å². The maximum Gasteiger partial charge on any atom is 0.0121 e. The van der Waals surface area contributed by atoms with Gasteiger partial charge in [0.15, 0.2) is 0 Å². The Morgan fingerprint density at radius 2 is 2.00 bits per heavy atom. The summed E-state index contributed by atoms with van der Waals surface area (Å²) in [7, 11) is 0. The number of allylic oxidation sites excluding steroid dienone is 2. The van der Waals surface area contributed by atoms with Gasteiger partial charge in [0.2, 0.25) is 0 Å². The van der Waals surface area contributed by atoms with Gasteiger partial charge in [-0.25, -0.2) is 0 Å². The molecule has 0 spiro atoms. The molecule has 0 heteroatoms. The van der Waals surface area contributed by atoms with Crippen LogP contribution in [-0.2, 0) is 0 Å². The lowest BCUT2D eigenvalue weighted by atomic mass is 10.2. The van der Waals surface area contributed by atoms with Crippen molar-refractivity contribution in [1.82, 2.24) is 0 Å². The highest BCUT2D eigenvalue weighted by atomic mass is 13.8. The van der Waals surface area contributed by atoms with Gasteiger partial charge in [-0.3, -0.25) is 0 Å². The van der Waals surface area contributed by atoms with Gasteiger partial charge in [-0.05, 0) is 12.8 Å². The van der Waals surface area contributed by atoms with Crippen molar-refractivity contribution < 1.29 is 0 Å². The Balaban J connectivity index is 2.97. The zero-order valence-electron chi connectivity index (χ0n) is 6.06. The minimum atomic E-state index is 0.875. The average Bonchev–Trinajstić information content (AvgIpc) is 1.89. The standard InChI is InChI=1S/C9H14/c1-3-5-7-9-8-6-4-2/h1,8-9H,4-7H2,2H3/b9-8-. The first-order chi connectivity index (χ1) is 4.41. The largest absolute Gasteiger partial charge is 0.120 e. The molecule has 0 amide bonds. The predicted molar refractivity (Wildman–Crippen MR) is 42.1 cm³/mol. The van der Waals surface area contributed by atoms with Gasteiger partial charge in [0.05, 0.1) is 0 Å². The molecule has 0 saturated carbocycles. The lowest BCUT2D eigenvalue weighted by Crippen LogP contribution is -1.64. The summed E-state index contributed by atoms with van der Waals surface area (Å²) in [4.78, 5) is 0. The molecule has 0 N–H and O–H groups in total. The van der Waals surface area contributed by atoms with Crippen molar-refractivity contribution in [2.24, 2.45) is 0 Å². The fourth-order valence-electron chi connectivity index (χ4n) is 0.569. The molecule has 0 nitrogen and oxygen atoms in total. The first-order valence-corrected chi connectivity index (χ1v) is 3.50. The molecule has 50 valence electrons. The summed E-state index contributed by atoms with van der Waals surface area (Å²) in [5.41, 5.74) is 0. The number of hydrogen-bond acceptors (Lipinski definition) is 0. The van der Waals surface area contributed by atoms with E-state index < -0.39 is 0 Å². The predicted octanol–water partition coefficient (Wildman–Crippen LogP) is 2.76. The van der Waals surface area contributed by atoms with Crippen molar-refractivity contribution in [1.29, 1.82) is 0 Å². The average molecular weight is 122 g/mol. The van der Waals surface area contributed by atoms with E-state index in [4.69, 9.17) is 6.42 Å². The smallest absolute Gasteiger partial charge is 0.0121 e. The fourth-order valence-corrected chi connectivity index (χ4v) is 0.569. The summed E-state index contributed by atoms with van der Waals surface area (Å²) < 4.78 is 0. The molecule has 0 radical (unpaired) electrons. The van der Waals surface area contributed by atoms with Crippen molar-refractivity contribution in [2.75, 3.05) is 0 Å². The van der Waals surface area contributed by atoms with Gasteiger partial charge in [0.1, 0.15) is 0 Å². The molecular weight excluding hydrogens is 108 g/mol. The van der Waals surface area contributed by atoms with E-state index in [0.29, 0.717) is 0 Å². The molecule has 0 atom stereocenters. The second-order valence-electron chi connectivity index (χ2n) is 2.00. The SMILES string of the molecule is C#CCC/C=C\CCC. The Morgan fingerprint density at radius 3 is 2.56 bits per heavy atom. The van der Waals surface area contributed by atoms with Gasteiger partial charge in [-0.2, -0.15) is 0 Å². The van der Waals surface area contributed by atoms with Crippen LogP contribution in [-0.4, -0.2) is 0 Å². The topological polar surface area (TPSA) is 0 Å². The molecule has 0 aliphatic carbocycles. The van der Waals surface area contributed by atoms with Gasteiger partial charge in [-0.1, -0.05) is 25.5 Å². The van der Waals surface area contributed by atoms with E-state index in [2.05, 4.69) is 25.0 Å². The van der Waals surface area contributed by atoms with Crippen LogP contribution < -0.4 is 0 Å². The molecule has 0 unspecified atom stereocenters. The van der Waals surface area contributed by atoms with E-state index in [-0.39, 0.29) is 0 Å². The summed E-state index contributed by atoms with van der Waals surface area (Å²) in [6.45, 7) is 2.17. The van der Waals surface area contributed by atoms with E-state index in [1.165, 1.54) is 12.8 Å². The van der Waals surface area contributed by atoms with Crippen molar-refractivity contribution >= 4 is 0 Å². The fraction of sp³-hybridized carbons (Fsp3) is 0.556.